The molecule has 0 aliphatic carbocycles. The summed E-state index contributed by atoms with van der Waals surface area (Å²) in [5, 5.41) is 5.86. The molecule has 1 saturated heterocycles. The highest BCUT2D eigenvalue weighted by atomic mass is 32.2. The van der Waals surface area contributed by atoms with E-state index in [4.69, 9.17) is 9.72 Å². The van der Waals surface area contributed by atoms with Gasteiger partial charge in [0.15, 0.2) is 5.13 Å². The van der Waals surface area contributed by atoms with Crippen LogP contribution in [-0.4, -0.2) is 51.4 Å². The zero-order chi connectivity index (χ0) is 22.6. The van der Waals surface area contributed by atoms with Crippen LogP contribution in [0, 0.1) is 0 Å². The summed E-state index contributed by atoms with van der Waals surface area (Å²) in [6.07, 6.45) is 0. The molecule has 1 amide bonds. The topological polar surface area (TPSA) is 101 Å². The molecule has 1 aliphatic rings. The minimum Gasteiger partial charge on any atom is -0.378 e. The average molecular weight is 473 g/mol. The summed E-state index contributed by atoms with van der Waals surface area (Å²) in [5.41, 5.74) is 3.22. The van der Waals surface area contributed by atoms with Crippen LogP contribution in [0.3, 0.4) is 0 Å². The second kappa shape index (κ2) is 9.68. The Balaban J connectivity index is 1.42. The zero-order valence-corrected chi connectivity index (χ0v) is 19.2. The van der Waals surface area contributed by atoms with Crippen LogP contribution in [0.15, 0.2) is 53.9 Å². The summed E-state index contributed by atoms with van der Waals surface area (Å²) in [6.45, 7) is 4.68. The lowest BCUT2D eigenvalue weighted by atomic mass is 10.1. The van der Waals surface area contributed by atoms with Crippen molar-refractivity contribution in [1.29, 1.82) is 0 Å². The Kier molecular flexibility index (Phi) is 6.73. The Morgan fingerprint density at radius 3 is 2.59 bits per heavy atom. The monoisotopic (exact) mass is 472 g/mol. The van der Waals surface area contributed by atoms with Crippen molar-refractivity contribution in [2.24, 2.45) is 0 Å². The average Bonchev–Trinajstić information content (AvgIpc) is 3.30. The number of carbonyl (C=O) groups is 1. The van der Waals surface area contributed by atoms with Crippen LogP contribution in [0.5, 0.6) is 0 Å². The number of sulfonamides is 1. The molecule has 0 atom stereocenters. The molecule has 4 rings (SSSR count). The minimum atomic E-state index is -3.41. The Labute approximate surface area is 191 Å². The number of nitrogens with zero attached hydrogens (tertiary/aromatic N) is 2. The van der Waals surface area contributed by atoms with Gasteiger partial charge in [-0.25, -0.2) is 13.4 Å². The van der Waals surface area contributed by atoms with Gasteiger partial charge in [0, 0.05) is 41.0 Å². The fourth-order valence-electron chi connectivity index (χ4n) is 3.20. The van der Waals surface area contributed by atoms with E-state index >= 15 is 0 Å². The van der Waals surface area contributed by atoms with Crippen LogP contribution in [0.25, 0.3) is 11.3 Å². The number of morpholine rings is 1. The maximum Gasteiger partial charge on any atom is 0.255 e. The van der Waals surface area contributed by atoms with E-state index in [1.807, 2.05) is 29.6 Å². The normalized spacial score (nSPS) is 14.2. The highest BCUT2D eigenvalue weighted by Gasteiger charge is 2.15. The fourth-order valence-corrected chi connectivity index (χ4v) is 4.72. The van der Waals surface area contributed by atoms with E-state index in [9.17, 15) is 13.2 Å². The van der Waals surface area contributed by atoms with E-state index in [2.05, 4.69) is 14.9 Å². The number of ether oxygens (including phenoxy) is 1. The van der Waals surface area contributed by atoms with Crippen molar-refractivity contribution in [3.05, 3.63) is 59.5 Å². The van der Waals surface area contributed by atoms with Crippen LogP contribution < -0.4 is 14.9 Å². The lowest BCUT2D eigenvalue weighted by Gasteiger charge is -2.26. The Hall–Kier alpha value is -2.95. The molecule has 3 aromatic rings. The second-order valence-electron chi connectivity index (χ2n) is 7.23. The van der Waals surface area contributed by atoms with Crippen LogP contribution in [-0.2, 0) is 14.8 Å². The highest BCUT2D eigenvalue weighted by Crippen LogP contribution is 2.28. The van der Waals surface area contributed by atoms with Crippen molar-refractivity contribution >= 4 is 43.8 Å². The Morgan fingerprint density at radius 1 is 1.12 bits per heavy atom. The molecular weight excluding hydrogens is 448 g/mol. The summed E-state index contributed by atoms with van der Waals surface area (Å²) in [7, 11) is -3.41. The number of hydrogen-bond donors (Lipinski definition) is 2. The summed E-state index contributed by atoms with van der Waals surface area (Å²) in [6, 6.07) is 13.9. The third-order valence-electron chi connectivity index (χ3n) is 4.99. The molecule has 0 bridgehead atoms. The summed E-state index contributed by atoms with van der Waals surface area (Å²) in [4.78, 5) is 19.6. The summed E-state index contributed by atoms with van der Waals surface area (Å²) < 4.78 is 31.4. The molecule has 32 heavy (non-hydrogen) atoms. The minimum absolute atomic E-state index is 0.0390. The molecule has 2 N–H and O–H groups in total. The number of hydrogen-bond acceptors (Lipinski definition) is 7. The van der Waals surface area contributed by atoms with Crippen LogP contribution in [0.4, 0.5) is 16.5 Å². The van der Waals surface area contributed by atoms with Gasteiger partial charge in [-0.15, -0.1) is 11.3 Å². The van der Waals surface area contributed by atoms with Gasteiger partial charge in [0.1, 0.15) is 0 Å². The van der Waals surface area contributed by atoms with E-state index in [-0.39, 0.29) is 11.7 Å². The van der Waals surface area contributed by atoms with Gasteiger partial charge in [-0.3, -0.25) is 9.52 Å². The van der Waals surface area contributed by atoms with Crippen LogP contribution in [0.1, 0.15) is 17.3 Å². The quantitative estimate of drug-likeness (QED) is 0.544. The lowest BCUT2D eigenvalue weighted by Crippen LogP contribution is -2.36. The molecule has 0 saturated carbocycles. The van der Waals surface area contributed by atoms with E-state index in [1.54, 1.807) is 36.5 Å². The van der Waals surface area contributed by atoms with Crippen molar-refractivity contribution in [1.82, 2.24) is 4.98 Å². The number of amides is 1. The van der Waals surface area contributed by atoms with Crippen LogP contribution in [0.2, 0.25) is 0 Å². The first kappa shape index (κ1) is 22.3. The van der Waals surface area contributed by atoms with Crippen molar-refractivity contribution in [3.63, 3.8) is 0 Å². The molecule has 2 heterocycles. The molecule has 1 aromatic heterocycles. The van der Waals surface area contributed by atoms with Gasteiger partial charge in [-0.2, -0.15) is 0 Å². The van der Waals surface area contributed by atoms with Gasteiger partial charge in [0.2, 0.25) is 10.0 Å². The fraction of sp³-hybridized carbons (Fsp3) is 0.273. The Bertz CT molecular complexity index is 1190. The number of rotatable bonds is 7. The number of benzene rings is 2. The zero-order valence-electron chi connectivity index (χ0n) is 17.6. The van der Waals surface area contributed by atoms with Gasteiger partial charge in [-0.05, 0) is 37.3 Å². The third-order valence-corrected chi connectivity index (χ3v) is 7.20. The smallest absolute Gasteiger partial charge is 0.255 e. The number of nitrogens with one attached hydrogen (secondary N) is 2. The summed E-state index contributed by atoms with van der Waals surface area (Å²) in [5.74, 6) is -0.360. The lowest BCUT2D eigenvalue weighted by molar-refractivity contribution is 0.102. The number of aromatic nitrogens is 1. The molecule has 0 unspecified atom stereocenters. The largest absolute Gasteiger partial charge is 0.378 e. The summed E-state index contributed by atoms with van der Waals surface area (Å²) >= 11 is 1.61. The van der Waals surface area contributed by atoms with Crippen molar-refractivity contribution in [2.75, 3.05) is 47.0 Å². The van der Waals surface area contributed by atoms with Crippen molar-refractivity contribution < 1.29 is 17.9 Å². The predicted molar refractivity (Wildman–Crippen MR) is 128 cm³/mol. The molecule has 1 fully saturated rings. The first-order valence-electron chi connectivity index (χ1n) is 10.2. The van der Waals surface area contributed by atoms with E-state index in [1.165, 1.54) is 6.07 Å². The van der Waals surface area contributed by atoms with Crippen molar-refractivity contribution in [2.45, 2.75) is 6.92 Å². The third kappa shape index (κ3) is 5.45. The molecule has 0 spiro atoms. The van der Waals surface area contributed by atoms with Gasteiger partial charge in [0.05, 0.1) is 24.7 Å². The number of anilines is 3. The van der Waals surface area contributed by atoms with Crippen molar-refractivity contribution in [3.8, 4) is 11.3 Å². The highest BCUT2D eigenvalue weighted by molar-refractivity contribution is 7.92. The van der Waals surface area contributed by atoms with E-state index < -0.39 is 10.0 Å². The maximum absolute atomic E-state index is 12.6. The van der Waals surface area contributed by atoms with E-state index in [0.717, 1.165) is 42.7 Å². The number of carbonyl (C=O) groups excluding carboxylic acids is 1. The van der Waals surface area contributed by atoms with Gasteiger partial charge < -0.3 is 15.0 Å². The predicted octanol–water partition coefficient (Wildman–Crippen LogP) is 3.66. The van der Waals surface area contributed by atoms with E-state index in [0.29, 0.717) is 16.9 Å². The molecule has 2 aromatic carbocycles. The second-order valence-corrected chi connectivity index (χ2v) is 10.1. The molecule has 168 valence electrons. The van der Waals surface area contributed by atoms with Gasteiger partial charge >= 0.3 is 0 Å². The molecule has 0 radical (unpaired) electrons. The standard InChI is InChI=1S/C22H24N4O4S2/c1-2-32(28,29)25-19-5-3-4-17(14-19)21(27)23-18-8-6-16(7-9-18)20-15-31-22(24-20)26-10-12-30-13-11-26/h3-9,14-15,25H,2,10-13H2,1H3,(H,23,27). The molecule has 1 aliphatic heterocycles. The SMILES string of the molecule is CCS(=O)(=O)Nc1cccc(C(=O)Nc2ccc(-c3csc(N4CCOCC4)n3)cc2)c1. The maximum atomic E-state index is 12.6. The number of thiazole rings is 1. The molecule has 10 heteroatoms. The Morgan fingerprint density at radius 2 is 1.88 bits per heavy atom. The van der Waals surface area contributed by atoms with Gasteiger partial charge in [-0.1, -0.05) is 18.2 Å². The first-order chi connectivity index (χ1) is 15.4. The molecule has 8 nitrogen and oxygen atoms in total. The first-order valence-corrected chi connectivity index (χ1v) is 12.8. The van der Waals surface area contributed by atoms with Crippen LogP contribution >= 0.6 is 11.3 Å². The molecular formula is C22H24N4O4S2. The van der Waals surface area contributed by atoms with Gasteiger partial charge in [0.25, 0.3) is 5.91 Å².